The lowest BCUT2D eigenvalue weighted by atomic mass is 10.0. The summed E-state index contributed by atoms with van der Waals surface area (Å²) in [5.41, 5.74) is 4.93. The molecular formula is C22H19N3O3S2. The van der Waals surface area contributed by atoms with Crippen LogP contribution >= 0.6 is 23.1 Å². The molecule has 152 valence electrons. The first kappa shape index (κ1) is 19.1. The number of fused-ring (bicyclic) bond motifs is 2. The number of nitrogens with one attached hydrogen (secondary N) is 1. The van der Waals surface area contributed by atoms with Crippen LogP contribution in [0.25, 0.3) is 11.0 Å². The van der Waals surface area contributed by atoms with E-state index in [1.807, 2.05) is 30.3 Å². The number of ether oxygens (including phenoxy) is 1. The maximum absolute atomic E-state index is 12.0. The van der Waals surface area contributed by atoms with Crippen molar-refractivity contribution in [3.05, 3.63) is 69.6 Å². The number of aryl methyl sites for hydroxylation is 2. The predicted octanol–water partition coefficient (Wildman–Crippen LogP) is 5.18. The van der Waals surface area contributed by atoms with Gasteiger partial charge in [0.2, 0.25) is 5.13 Å². The second-order valence-electron chi connectivity index (χ2n) is 7.08. The van der Waals surface area contributed by atoms with E-state index >= 15 is 0 Å². The molecule has 0 saturated carbocycles. The van der Waals surface area contributed by atoms with Crippen LogP contribution in [0.5, 0.6) is 5.75 Å². The van der Waals surface area contributed by atoms with Crippen molar-refractivity contribution in [2.45, 2.75) is 29.4 Å². The molecule has 2 heterocycles. The summed E-state index contributed by atoms with van der Waals surface area (Å²) >= 11 is 3.06. The molecule has 2 aromatic heterocycles. The molecule has 0 unspecified atom stereocenters. The first-order chi connectivity index (χ1) is 14.7. The molecule has 1 aliphatic carbocycles. The normalized spacial score (nSPS) is 12.8. The van der Waals surface area contributed by atoms with Gasteiger partial charge < -0.3 is 14.5 Å². The van der Waals surface area contributed by atoms with Gasteiger partial charge in [-0.2, -0.15) is 0 Å². The number of hydrogen-bond donors (Lipinski definition) is 1. The van der Waals surface area contributed by atoms with Crippen LogP contribution in [0.15, 0.2) is 56.0 Å². The van der Waals surface area contributed by atoms with E-state index in [1.54, 1.807) is 24.9 Å². The molecule has 0 fully saturated rings. The number of nitrogens with zero attached hydrogens (tertiary/aromatic N) is 2. The van der Waals surface area contributed by atoms with Crippen LogP contribution in [-0.4, -0.2) is 17.3 Å². The van der Waals surface area contributed by atoms with Crippen LogP contribution in [0.3, 0.4) is 0 Å². The van der Waals surface area contributed by atoms with E-state index in [1.165, 1.54) is 22.5 Å². The lowest BCUT2D eigenvalue weighted by Gasteiger charge is -2.07. The fourth-order valence-corrected chi connectivity index (χ4v) is 5.43. The summed E-state index contributed by atoms with van der Waals surface area (Å²) in [4.78, 5) is 12.0. The van der Waals surface area contributed by atoms with Crippen molar-refractivity contribution in [3.8, 4) is 5.75 Å². The van der Waals surface area contributed by atoms with Gasteiger partial charge in [0, 0.05) is 22.9 Å². The highest BCUT2D eigenvalue weighted by Crippen LogP contribution is 2.33. The Morgan fingerprint density at radius 3 is 2.73 bits per heavy atom. The molecule has 0 saturated heterocycles. The maximum atomic E-state index is 12.0. The second-order valence-corrected chi connectivity index (χ2v) is 9.28. The van der Waals surface area contributed by atoms with E-state index in [-0.39, 0.29) is 5.63 Å². The molecule has 0 bridgehead atoms. The van der Waals surface area contributed by atoms with Gasteiger partial charge in [-0.25, -0.2) is 4.79 Å². The summed E-state index contributed by atoms with van der Waals surface area (Å²) < 4.78 is 11.5. The third-order valence-corrected chi connectivity index (χ3v) is 7.16. The molecule has 0 atom stereocenters. The van der Waals surface area contributed by atoms with Crippen molar-refractivity contribution in [2.75, 3.05) is 12.4 Å². The molecule has 0 spiro atoms. The van der Waals surface area contributed by atoms with Gasteiger partial charge in [-0.15, -0.1) is 10.2 Å². The van der Waals surface area contributed by atoms with Crippen molar-refractivity contribution in [1.29, 1.82) is 0 Å². The SMILES string of the molecule is COc1ccc(Nc2nnc(SCc3cc(=O)oc4cc5c(cc34)CCC5)s2)cc1. The zero-order chi connectivity index (χ0) is 20.5. The van der Waals surface area contributed by atoms with Gasteiger partial charge >= 0.3 is 5.63 Å². The molecule has 0 radical (unpaired) electrons. The summed E-state index contributed by atoms with van der Waals surface area (Å²) in [7, 11) is 1.64. The standard InChI is InChI=1S/C22H19N3O3S2/c1-27-17-7-5-16(6-8-17)23-21-24-25-22(30-21)29-12-15-11-20(26)28-19-10-14-4-2-3-13(14)9-18(15)19/h5-11H,2-4,12H2,1H3,(H,23,24). The highest BCUT2D eigenvalue weighted by molar-refractivity contribution is 8.00. The molecule has 2 aromatic carbocycles. The number of benzene rings is 2. The molecule has 1 aliphatic rings. The first-order valence-corrected chi connectivity index (χ1v) is 11.4. The number of methoxy groups -OCH3 is 1. The van der Waals surface area contributed by atoms with Crippen LogP contribution < -0.4 is 15.7 Å². The van der Waals surface area contributed by atoms with Gasteiger partial charge in [-0.1, -0.05) is 23.1 Å². The summed E-state index contributed by atoms with van der Waals surface area (Å²) in [6.07, 6.45) is 3.31. The van der Waals surface area contributed by atoms with Crippen molar-refractivity contribution in [2.24, 2.45) is 0 Å². The Morgan fingerprint density at radius 1 is 1.13 bits per heavy atom. The lowest BCUT2D eigenvalue weighted by molar-refractivity contribution is 0.415. The summed E-state index contributed by atoms with van der Waals surface area (Å²) in [5.74, 6) is 1.44. The monoisotopic (exact) mass is 437 g/mol. The molecule has 8 heteroatoms. The van der Waals surface area contributed by atoms with E-state index in [0.717, 1.165) is 51.1 Å². The second kappa shape index (κ2) is 8.12. The average Bonchev–Trinajstić information content (AvgIpc) is 3.40. The molecule has 4 aromatic rings. The number of aromatic nitrogens is 2. The zero-order valence-electron chi connectivity index (χ0n) is 16.3. The summed E-state index contributed by atoms with van der Waals surface area (Å²) in [6, 6.07) is 13.5. The Hall–Kier alpha value is -2.84. The summed E-state index contributed by atoms with van der Waals surface area (Å²) in [6.45, 7) is 0. The Labute approximate surface area is 181 Å². The third-order valence-electron chi connectivity index (χ3n) is 5.14. The Kier molecular flexibility index (Phi) is 5.18. The molecule has 30 heavy (non-hydrogen) atoms. The average molecular weight is 438 g/mol. The minimum Gasteiger partial charge on any atom is -0.497 e. The maximum Gasteiger partial charge on any atom is 0.336 e. The quantitative estimate of drug-likeness (QED) is 0.329. The Morgan fingerprint density at radius 2 is 1.93 bits per heavy atom. The van der Waals surface area contributed by atoms with Crippen LogP contribution in [0.4, 0.5) is 10.8 Å². The van der Waals surface area contributed by atoms with Gasteiger partial charge in [0.25, 0.3) is 0 Å². The highest BCUT2D eigenvalue weighted by atomic mass is 32.2. The number of hydrogen-bond acceptors (Lipinski definition) is 8. The number of thioether (sulfide) groups is 1. The van der Waals surface area contributed by atoms with E-state index in [4.69, 9.17) is 9.15 Å². The van der Waals surface area contributed by atoms with Crippen molar-refractivity contribution >= 4 is 44.9 Å². The predicted molar refractivity (Wildman–Crippen MR) is 120 cm³/mol. The van der Waals surface area contributed by atoms with Crippen molar-refractivity contribution < 1.29 is 9.15 Å². The van der Waals surface area contributed by atoms with Crippen molar-refractivity contribution in [3.63, 3.8) is 0 Å². The number of anilines is 2. The zero-order valence-corrected chi connectivity index (χ0v) is 17.9. The van der Waals surface area contributed by atoms with Crippen LogP contribution in [0.2, 0.25) is 0 Å². The van der Waals surface area contributed by atoms with E-state index in [0.29, 0.717) is 11.3 Å². The molecule has 0 amide bonds. The van der Waals surface area contributed by atoms with Gasteiger partial charge in [0.05, 0.1) is 7.11 Å². The fourth-order valence-electron chi connectivity index (χ4n) is 3.67. The van der Waals surface area contributed by atoms with E-state index in [9.17, 15) is 4.79 Å². The smallest absolute Gasteiger partial charge is 0.336 e. The fraction of sp³-hybridized carbons (Fsp3) is 0.227. The van der Waals surface area contributed by atoms with E-state index < -0.39 is 0 Å². The largest absolute Gasteiger partial charge is 0.497 e. The van der Waals surface area contributed by atoms with Crippen LogP contribution in [-0.2, 0) is 18.6 Å². The molecule has 5 rings (SSSR count). The molecule has 6 nitrogen and oxygen atoms in total. The van der Waals surface area contributed by atoms with Crippen molar-refractivity contribution in [1.82, 2.24) is 10.2 Å². The van der Waals surface area contributed by atoms with Crippen LogP contribution in [0.1, 0.15) is 23.1 Å². The molecule has 1 N–H and O–H groups in total. The first-order valence-electron chi connectivity index (χ1n) is 9.64. The highest BCUT2D eigenvalue weighted by Gasteiger charge is 2.16. The molecular weight excluding hydrogens is 418 g/mol. The van der Waals surface area contributed by atoms with Gasteiger partial charge in [0.15, 0.2) is 4.34 Å². The Balaban J connectivity index is 1.33. The summed E-state index contributed by atoms with van der Waals surface area (Å²) in [5, 5.41) is 13.5. The van der Waals surface area contributed by atoms with E-state index in [2.05, 4.69) is 21.6 Å². The lowest BCUT2D eigenvalue weighted by Crippen LogP contribution is -2.00. The molecule has 0 aliphatic heterocycles. The topological polar surface area (TPSA) is 77.2 Å². The minimum absolute atomic E-state index is 0.310. The van der Waals surface area contributed by atoms with Gasteiger partial charge in [0.1, 0.15) is 11.3 Å². The minimum atomic E-state index is -0.310. The van der Waals surface area contributed by atoms with Gasteiger partial charge in [-0.05, 0) is 72.4 Å². The Bertz CT molecular complexity index is 1270. The third kappa shape index (κ3) is 3.93. The van der Waals surface area contributed by atoms with Gasteiger partial charge in [-0.3, -0.25) is 0 Å². The van der Waals surface area contributed by atoms with Crippen LogP contribution in [0, 0.1) is 0 Å². The number of rotatable bonds is 6.